The molecule has 5 nitrogen and oxygen atoms in total. The van der Waals surface area contributed by atoms with E-state index in [2.05, 4.69) is 28.8 Å². The molecule has 0 saturated carbocycles. The standard InChI is InChI=1S/C18H27N3O2/c1-18(2,3)23-17(22)21-11-14-5-4-13(8-15(14)12-21)9-20-16-6-7-19-10-16/h4-5,8,16,19-20H,6-7,9-12H2,1-3H3. The molecule has 0 radical (unpaired) electrons. The van der Waals surface area contributed by atoms with Crippen molar-refractivity contribution in [3.05, 3.63) is 34.9 Å². The van der Waals surface area contributed by atoms with Gasteiger partial charge < -0.3 is 15.4 Å². The fourth-order valence-corrected chi connectivity index (χ4v) is 3.10. The topological polar surface area (TPSA) is 53.6 Å². The molecule has 1 saturated heterocycles. The first-order chi connectivity index (χ1) is 10.9. The van der Waals surface area contributed by atoms with Crippen molar-refractivity contribution in [1.29, 1.82) is 0 Å². The summed E-state index contributed by atoms with van der Waals surface area (Å²) < 4.78 is 5.47. The van der Waals surface area contributed by atoms with E-state index in [-0.39, 0.29) is 6.09 Å². The van der Waals surface area contributed by atoms with Crippen molar-refractivity contribution in [2.75, 3.05) is 13.1 Å². The Balaban J connectivity index is 1.58. The second kappa shape index (κ2) is 6.49. The number of hydrogen-bond acceptors (Lipinski definition) is 4. The number of carbonyl (C=O) groups excluding carboxylic acids is 1. The fraction of sp³-hybridized carbons (Fsp3) is 0.611. The lowest BCUT2D eigenvalue weighted by Gasteiger charge is -2.24. The summed E-state index contributed by atoms with van der Waals surface area (Å²) >= 11 is 0. The molecule has 1 atom stereocenters. The van der Waals surface area contributed by atoms with Crippen LogP contribution in [0.5, 0.6) is 0 Å². The second-order valence-electron chi connectivity index (χ2n) is 7.51. The molecule has 2 aliphatic heterocycles. The zero-order chi connectivity index (χ0) is 16.4. The van der Waals surface area contributed by atoms with Crippen molar-refractivity contribution >= 4 is 6.09 Å². The zero-order valence-corrected chi connectivity index (χ0v) is 14.3. The molecule has 2 heterocycles. The Morgan fingerprint density at radius 1 is 1.35 bits per heavy atom. The Kier molecular flexibility index (Phi) is 4.60. The molecule has 1 fully saturated rings. The molecule has 1 amide bonds. The molecule has 2 aliphatic rings. The molecule has 2 N–H and O–H groups in total. The first-order valence-electron chi connectivity index (χ1n) is 8.43. The van der Waals surface area contributed by atoms with Crippen LogP contribution in [0.15, 0.2) is 18.2 Å². The maximum Gasteiger partial charge on any atom is 0.410 e. The van der Waals surface area contributed by atoms with Crippen molar-refractivity contribution in [3.8, 4) is 0 Å². The lowest BCUT2D eigenvalue weighted by atomic mass is 10.1. The molecule has 126 valence electrons. The average molecular weight is 317 g/mol. The van der Waals surface area contributed by atoms with E-state index in [1.54, 1.807) is 4.90 Å². The molecular formula is C18H27N3O2. The van der Waals surface area contributed by atoms with Gasteiger partial charge in [0.1, 0.15) is 5.60 Å². The van der Waals surface area contributed by atoms with Crippen molar-refractivity contribution in [2.45, 2.75) is 58.5 Å². The molecule has 0 aromatic heterocycles. The van der Waals surface area contributed by atoms with Gasteiger partial charge >= 0.3 is 6.09 Å². The molecular weight excluding hydrogens is 290 g/mol. The number of carbonyl (C=O) groups is 1. The first-order valence-corrected chi connectivity index (χ1v) is 8.43. The first kappa shape index (κ1) is 16.3. The van der Waals surface area contributed by atoms with Crippen LogP contribution in [0.1, 0.15) is 43.9 Å². The lowest BCUT2D eigenvalue weighted by molar-refractivity contribution is 0.0242. The lowest BCUT2D eigenvalue weighted by Crippen LogP contribution is -2.33. The van der Waals surface area contributed by atoms with Crippen LogP contribution < -0.4 is 10.6 Å². The fourth-order valence-electron chi connectivity index (χ4n) is 3.10. The normalized spacial score (nSPS) is 20.7. The van der Waals surface area contributed by atoms with E-state index in [4.69, 9.17) is 4.74 Å². The highest BCUT2D eigenvalue weighted by Crippen LogP contribution is 2.25. The van der Waals surface area contributed by atoms with E-state index >= 15 is 0 Å². The average Bonchev–Trinajstić information content (AvgIpc) is 3.12. The number of fused-ring (bicyclic) bond motifs is 1. The molecule has 1 aromatic rings. The summed E-state index contributed by atoms with van der Waals surface area (Å²) in [6.07, 6.45) is 0.961. The Labute approximate surface area is 138 Å². The largest absolute Gasteiger partial charge is 0.444 e. The van der Waals surface area contributed by atoms with Gasteiger partial charge in [-0.1, -0.05) is 18.2 Å². The predicted molar refractivity (Wildman–Crippen MR) is 90.0 cm³/mol. The van der Waals surface area contributed by atoms with Crippen LogP contribution in [0, 0.1) is 0 Å². The summed E-state index contributed by atoms with van der Waals surface area (Å²) in [6.45, 7) is 10.0. The van der Waals surface area contributed by atoms with E-state index in [0.29, 0.717) is 19.1 Å². The van der Waals surface area contributed by atoms with E-state index in [1.165, 1.54) is 23.1 Å². The van der Waals surface area contributed by atoms with Crippen LogP contribution in [0.25, 0.3) is 0 Å². The number of amides is 1. The number of ether oxygens (including phenoxy) is 1. The van der Waals surface area contributed by atoms with Gasteiger partial charge in [-0.05, 0) is 50.4 Å². The predicted octanol–water partition coefficient (Wildman–Crippen LogP) is 2.39. The molecule has 23 heavy (non-hydrogen) atoms. The molecule has 1 aromatic carbocycles. The minimum absolute atomic E-state index is 0.231. The van der Waals surface area contributed by atoms with Crippen molar-refractivity contribution in [1.82, 2.24) is 15.5 Å². The van der Waals surface area contributed by atoms with Gasteiger partial charge in [-0.15, -0.1) is 0 Å². The van der Waals surface area contributed by atoms with E-state index < -0.39 is 5.60 Å². The van der Waals surface area contributed by atoms with Gasteiger partial charge in [0.25, 0.3) is 0 Å². The van der Waals surface area contributed by atoms with Crippen LogP contribution in [0.4, 0.5) is 4.79 Å². The highest BCUT2D eigenvalue weighted by Gasteiger charge is 2.27. The minimum Gasteiger partial charge on any atom is -0.444 e. The van der Waals surface area contributed by atoms with Gasteiger partial charge in [0, 0.05) is 32.2 Å². The van der Waals surface area contributed by atoms with Crippen LogP contribution in [-0.4, -0.2) is 35.7 Å². The van der Waals surface area contributed by atoms with Gasteiger partial charge in [0.05, 0.1) is 0 Å². The van der Waals surface area contributed by atoms with Gasteiger partial charge in [-0.25, -0.2) is 4.79 Å². The monoisotopic (exact) mass is 317 g/mol. The number of rotatable bonds is 3. The molecule has 1 unspecified atom stereocenters. The van der Waals surface area contributed by atoms with Crippen LogP contribution in [0.3, 0.4) is 0 Å². The Morgan fingerprint density at radius 3 is 2.83 bits per heavy atom. The van der Waals surface area contributed by atoms with Gasteiger partial charge in [0.15, 0.2) is 0 Å². The third kappa shape index (κ3) is 4.24. The summed E-state index contributed by atoms with van der Waals surface area (Å²) in [4.78, 5) is 14.0. The molecule has 0 bridgehead atoms. The number of nitrogens with zero attached hydrogens (tertiary/aromatic N) is 1. The summed E-state index contributed by atoms with van der Waals surface area (Å²) in [7, 11) is 0. The van der Waals surface area contributed by atoms with E-state index in [9.17, 15) is 4.79 Å². The quantitative estimate of drug-likeness (QED) is 0.899. The van der Waals surface area contributed by atoms with Crippen molar-refractivity contribution < 1.29 is 9.53 Å². The van der Waals surface area contributed by atoms with E-state index in [0.717, 1.165) is 19.6 Å². The Morgan fingerprint density at radius 2 is 2.13 bits per heavy atom. The van der Waals surface area contributed by atoms with Gasteiger partial charge in [-0.3, -0.25) is 4.90 Å². The molecule has 0 spiro atoms. The SMILES string of the molecule is CC(C)(C)OC(=O)N1Cc2ccc(CNC3CCNC3)cc2C1. The Bertz CT molecular complexity index is 574. The molecule has 0 aliphatic carbocycles. The van der Waals surface area contributed by atoms with Gasteiger partial charge in [0.2, 0.25) is 0 Å². The number of benzene rings is 1. The van der Waals surface area contributed by atoms with Crippen LogP contribution in [-0.2, 0) is 24.4 Å². The van der Waals surface area contributed by atoms with Gasteiger partial charge in [-0.2, -0.15) is 0 Å². The van der Waals surface area contributed by atoms with E-state index in [1.807, 2.05) is 20.8 Å². The third-order valence-electron chi connectivity index (χ3n) is 4.30. The smallest absolute Gasteiger partial charge is 0.410 e. The third-order valence-corrected chi connectivity index (χ3v) is 4.30. The maximum atomic E-state index is 12.2. The maximum absolute atomic E-state index is 12.2. The molecule has 5 heteroatoms. The summed E-state index contributed by atoms with van der Waals surface area (Å²) in [5.41, 5.74) is 3.29. The minimum atomic E-state index is -0.448. The summed E-state index contributed by atoms with van der Waals surface area (Å²) in [6, 6.07) is 7.09. The Hall–Kier alpha value is -1.59. The number of hydrogen-bond donors (Lipinski definition) is 2. The molecule has 3 rings (SSSR count). The van der Waals surface area contributed by atoms with Crippen LogP contribution >= 0.6 is 0 Å². The second-order valence-corrected chi connectivity index (χ2v) is 7.51. The highest BCUT2D eigenvalue weighted by atomic mass is 16.6. The summed E-state index contributed by atoms with van der Waals surface area (Å²) in [5, 5.41) is 6.95. The number of nitrogens with one attached hydrogen (secondary N) is 2. The highest BCUT2D eigenvalue weighted by molar-refractivity contribution is 5.69. The zero-order valence-electron chi connectivity index (χ0n) is 14.3. The van der Waals surface area contributed by atoms with Crippen molar-refractivity contribution in [3.63, 3.8) is 0 Å². The van der Waals surface area contributed by atoms with Crippen LogP contribution in [0.2, 0.25) is 0 Å². The van der Waals surface area contributed by atoms with Crippen molar-refractivity contribution in [2.24, 2.45) is 0 Å². The summed E-state index contributed by atoms with van der Waals surface area (Å²) in [5.74, 6) is 0.